The molecular weight excluding hydrogens is 284 g/mol. The highest BCUT2D eigenvalue weighted by atomic mass is 32.1. The first kappa shape index (κ1) is 14.7. The first-order valence-electron chi connectivity index (χ1n) is 7.28. The van der Waals surface area contributed by atoms with Crippen LogP contribution in [0.1, 0.15) is 32.7 Å². The van der Waals surface area contributed by atoms with Crippen LogP contribution in [0.3, 0.4) is 0 Å². The Morgan fingerprint density at radius 3 is 2.57 bits per heavy atom. The van der Waals surface area contributed by atoms with E-state index in [4.69, 9.17) is 9.47 Å². The summed E-state index contributed by atoms with van der Waals surface area (Å²) in [6.45, 7) is 3.69. The van der Waals surface area contributed by atoms with Crippen LogP contribution in [-0.4, -0.2) is 24.9 Å². The van der Waals surface area contributed by atoms with Crippen molar-refractivity contribution in [3.8, 4) is 0 Å². The van der Waals surface area contributed by atoms with E-state index in [0.717, 1.165) is 11.3 Å². The molecular formula is C17H20O3S. The van der Waals surface area contributed by atoms with Gasteiger partial charge in [-0.2, -0.15) is 0 Å². The van der Waals surface area contributed by atoms with E-state index < -0.39 is 0 Å². The van der Waals surface area contributed by atoms with Crippen molar-refractivity contribution in [2.45, 2.75) is 26.1 Å². The number of aryl methyl sites for hydroxylation is 1. The molecule has 0 spiro atoms. The zero-order valence-corrected chi connectivity index (χ0v) is 13.0. The molecule has 0 saturated carbocycles. The summed E-state index contributed by atoms with van der Waals surface area (Å²) in [6, 6.07) is 10.5. The SMILES string of the molecule is Cc1sc(C2OCCO2)cc1Cc1ccccc1CCO. The van der Waals surface area contributed by atoms with Gasteiger partial charge >= 0.3 is 0 Å². The molecule has 112 valence electrons. The van der Waals surface area contributed by atoms with E-state index in [0.29, 0.717) is 19.6 Å². The minimum atomic E-state index is -0.185. The lowest BCUT2D eigenvalue weighted by Crippen LogP contribution is -1.98. The van der Waals surface area contributed by atoms with Crippen LogP contribution >= 0.6 is 11.3 Å². The average molecular weight is 304 g/mol. The Balaban J connectivity index is 1.81. The summed E-state index contributed by atoms with van der Waals surface area (Å²) in [6.07, 6.45) is 1.42. The van der Waals surface area contributed by atoms with Crippen molar-refractivity contribution >= 4 is 11.3 Å². The highest BCUT2D eigenvalue weighted by molar-refractivity contribution is 7.12. The number of aliphatic hydroxyl groups excluding tert-OH is 1. The van der Waals surface area contributed by atoms with E-state index >= 15 is 0 Å². The standard InChI is InChI=1S/C17H20O3S/c1-12-15(11-16(21-12)17-19-8-9-20-17)10-14-5-3-2-4-13(14)6-7-18/h2-5,11,17-18H,6-10H2,1H3. The third-order valence-corrected chi connectivity index (χ3v) is 4.89. The molecule has 1 aliphatic heterocycles. The van der Waals surface area contributed by atoms with Gasteiger partial charge in [-0.05, 0) is 42.5 Å². The van der Waals surface area contributed by atoms with Crippen LogP contribution in [0.25, 0.3) is 0 Å². The molecule has 2 aromatic rings. The molecule has 0 bridgehead atoms. The molecule has 3 nitrogen and oxygen atoms in total. The smallest absolute Gasteiger partial charge is 0.193 e. The van der Waals surface area contributed by atoms with E-state index in [1.54, 1.807) is 11.3 Å². The molecule has 0 amide bonds. The summed E-state index contributed by atoms with van der Waals surface area (Å²) in [7, 11) is 0. The molecule has 1 saturated heterocycles. The summed E-state index contributed by atoms with van der Waals surface area (Å²) in [5.41, 5.74) is 3.83. The summed E-state index contributed by atoms with van der Waals surface area (Å²) in [5, 5.41) is 9.18. The first-order valence-corrected chi connectivity index (χ1v) is 8.09. The lowest BCUT2D eigenvalue weighted by atomic mass is 9.98. The van der Waals surface area contributed by atoms with Gasteiger partial charge < -0.3 is 14.6 Å². The molecule has 1 aromatic carbocycles. The Labute approximate surface area is 129 Å². The van der Waals surface area contributed by atoms with Gasteiger partial charge in [0.1, 0.15) is 0 Å². The van der Waals surface area contributed by atoms with Gasteiger partial charge in [0.15, 0.2) is 6.29 Å². The van der Waals surface area contributed by atoms with Gasteiger partial charge in [0.25, 0.3) is 0 Å². The molecule has 0 atom stereocenters. The van der Waals surface area contributed by atoms with E-state index in [1.807, 2.05) is 6.07 Å². The Morgan fingerprint density at radius 2 is 1.86 bits per heavy atom. The largest absolute Gasteiger partial charge is 0.396 e. The second-order valence-corrected chi connectivity index (χ2v) is 6.51. The fourth-order valence-electron chi connectivity index (χ4n) is 2.66. The topological polar surface area (TPSA) is 38.7 Å². The van der Waals surface area contributed by atoms with Crippen LogP contribution in [0.5, 0.6) is 0 Å². The first-order chi connectivity index (χ1) is 10.3. The highest BCUT2D eigenvalue weighted by Crippen LogP contribution is 2.33. The van der Waals surface area contributed by atoms with E-state index in [1.165, 1.54) is 21.6 Å². The summed E-state index contributed by atoms with van der Waals surface area (Å²) < 4.78 is 11.1. The van der Waals surface area contributed by atoms with Crippen molar-refractivity contribution in [3.05, 3.63) is 56.8 Å². The molecule has 3 rings (SSSR count). The van der Waals surface area contributed by atoms with Gasteiger partial charge in [0.2, 0.25) is 0 Å². The lowest BCUT2D eigenvalue weighted by Gasteiger charge is -2.08. The third kappa shape index (κ3) is 3.35. The Hall–Kier alpha value is -1.20. The van der Waals surface area contributed by atoms with Crippen molar-refractivity contribution in [2.24, 2.45) is 0 Å². The van der Waals surface area contributed by atoms with Crippen molar-refractivity contribution in [3.63, 3.8) is 0 Å². The number of ether oxygens (including phenoxy) is 2. The Kier molecular flexibility index (Phi) is 4.70. The van der Waals surface area contributed by atoms with E-state index in [-0.39, 0.29) is 12.9 Å². The Morgan fingerprint density at radius 1 is 1.14 bits per heavy atom. The van der Waals surface area contributed by atoms with Gasteiger partial charge in [-0.3, -0.25) is 0 Å². The van der Waals surface area contributed by atoms with Gasteiger partial charge in [-0.1, -0.05) is 24.3 Å². The molecule has 0 aliphatic carbocycles. The number of hydrogen-bond acceptors (Lipinski definition) is 4. The van der Waals surface area contributed by atoms with Gasteiger partial charge in [-0.25, -0.2) is 0 Å². The zero-order valence-electron chi connectivity index (χ0n) is 12.2. The molecule has 1 fully saturated rings. The molecule has 0 unspecified atom stereocenters. The molecule has 0 radical (unpaired) electrons. The van der Waals surface area contributed by atoms with Crippen LogP contribution in [-0.2, 0) is 22.3 Å². The molecule has 1 N–H and O–H groups in total. The van der Waals surface area contributed by atoms with Gasteiger partial charge in [0, 0.05) is 11.5 Å². The molecule has 1 aromatic heterocycles. The zero-order chi connectivity index (χ0) is 14.7. The van der Waals surface area contributed by atoms with E-state index in [9.17, 15) is 5.11 Å². The Bertz CT molecular complexity index is 600. The predicted octanol–water partition coefficient (Wildman–Crippen LogP) is 3.23. The number of thiophene rings is 1. The van der Waals surface area contributed by atoms with Crippen LogP contribution in [0, 0.1) is 6.92 Å². The fraction of sp³-hybridized carbons (Fsp3) is 0.412. The second-order valence-electron chi connectivity index (χ2n) is 5.22. The highest BCUT2D eigenvalue weighted by Gasteiger charge is 2.21. The predicted molar refractivity (Wildman–Crippen MR) is 83.7 cm³/mol. The minimum absolute atomic E-state index is 0.185. The normalized spacial score (nSPS) is 15.7. The maximum Gasteiger partial charge on any atom is 0.193 e. The summed E-state index contributed by atoms with van der Waals surface area (Å²) in [5.74, 6) is 0. The quantitative estimate of drug-likeness (QED) is 0.922. The molecule has 21 heavy (non-hydrogen) atoms. The minimum Gasteiger partial charge on any atom is -0.396 e. The van der Waals surface area contributed by atoms with E-state index in [2.05, 4.69) is 31.2 Å². The van der Waals surface area contributed by atoms with Gasteiger partial charge in [-0.15, -0.1) is 11.3 Å². The number of rotatable bonds is 5. The molecule has 2 heterocycles. The maximum atomic E-state index is 9.18. The van der Waals surface area contributed by atoms with Crippen LogP contribution in [0.4, 0.5) is 0 Å². The number of hydrogen-bond donors (Lipinski definition) is 1. The molecule has 1 aliphatic rings. The lowest BCUT2D eigenvalue weighted by molar-refractivity contribution is -0.0413. The summed E-state index contributed by atoms with van der Waals surface area (Å²) >= 11 is 1.75. The van der Waals surface area contributed by atoms with Crippen molar-refractivity contribution < 1.29 is 14.6 Å². The molecule has 4 heteroatoms. The van der Waals surface area contributed by atoms with Gasteiger partial charge in [0.05, 0.1) is 18.1 Å². The summed E-state index contributed by atoms with van der Waals surface area (Å²) in [4.78, 5) is 2.46. The van der Waals surface area contributed by atoms with Crippen LogP contribution in [0.15, 0.2) is 30.3 Å². The maximum absolute atomic E-state index is 9.18. The van der Waals surface area contributed by atoms with Crippen molar-refractivity contribution in [2.75, 3.05) is 19.8 Å². The van der Waals surface area contributed by atoms with Crippen LogP contribution < -0.4 is 0 Å². The monoisotopic (exact) mass is 304 g/mol. The second kappa shape index (κ2) is 6.71. The average Bonchev–Trinajstić information content (AvgIpc) is 3.12. The third-order valence-electron chi connectivity index (χ3n) is 3.77. The van der Waals surface area contributed by atoms with Crippen molar-refractivity contribution in [1.82, 2.24) is 0 Å². The van der Waals surface area contributed by atoms with Crippen molar-refractivity contribution in [1.29, 1.82) is 0 Å². The number of benzene rings is 1. The van der Waals surface area contributed by atoms with Crippen LogP contribution in [0.2, 0.25) is 0 Å². The fourth-order valence-corrected chi connectivity index (χ4v) is 3.71. The number of aliphatic hydroxyl groups is 1.